The van der Waals surface area contributed by atoms with Crippen molar-refractivity contribution in [2.45, 2.75) is 44.0 Å². The van der Waals surface area contributed by atoms with Crippen molar-refractivity contribution in [2.24, 2.45) is 5.92 Å². The predicted molar refractivity (Wildman–Crippen MR) is 96.5 cm³/mol. The maximum absolute atomic E-state index is 12.3. The van der Waals surface area contributed by atoms with Gasteiger partial charge in [-0.3, -0.25) is 4.79 Å². The van der Waals surface area contributed by atoms with Gasteiger partial charge in [0.15, 0.2) is 9.84 Å². The van der Waals surface area contributed by atoms with E-state index in [2.05, 4.69) is 10.0 Å². The Hall–Kier alpha value is -1.45. The van der Waals surface area contributed by atoms with Crippen LogP contribution in [0.4, 0.5) is 5.69 Å². The summed E-state index contributed by atoms with van der Waals surface area (Å²) < 4.78 is 49.9. The Morgan fingerprint density at radius 3 is 2.40 bits per heavy atom. The second kappa shape index (κ2) is 7.84. The second-order valence-electron chi connectivity index (χ2n) is 6.73. The SMILES string of the molecule is CC(C)CCC(=O)Nc1ccc(S(=O)(=O)NC2CCS(=O)(=O)C2)cc1. The number of benzene rings is 1. The first-order valence-electron chi connectivity index (χ1n) is 8.20. The number of sulfone groups is 1. The highest BCUT2D eigenvalue weighted by molar-refractivity contribution is 7.92. The molecule has 9 heteroatoms. The molecule has 0 radical (unpaired) electrons. The lowest BCUT2D eigenvalue weighted by Crippen LogP contribution is -2.35. The normalized spacial score (nSPS) is 19.9. The van der Waals surface area contributed by atoms with Crippen molar-refractivity contribution in [3.63, 3.8) is 0 Å². The van der Waals surface area contributed by atoms with Crippen LogP contribution in [0.25, 0.3) is 0 Å². The molecule has 25 heavy (non-hydrogen) atoms. The first-order chi connectivity index (χ1) is 11.6. The molecule has 140 valence electrons. The van der Waals surface area contributed by atoms with Crippen LogP contribution in [0.5, 0.6) is 0 Å². The van der Waals surface area contributed by atoms with Crippen molar-refractivity contribution in [3.05, 3.63) is 24.3 Å². The van der Waals surface area contributed by atoms with Gasteiger partial charge in [-0.25, -0.2) is 21.6 Å². The Morgan fingerprint density at radius 1 is 1.24 bits per heavy atom. The smallest absolute Gasteiger partial charge is 0.240 e. The van der Waals surface area contributed by atoms with Crippen LogP contribution in [0.15, 0.2) is 29.2 Å². The molecule has 1 aliphatic heterocycles. The third kappa shape index (κ3) is 6.09. The summed E-state index contributed by atoms with van der Waals surface area (Å²) in [6, 6.07) is 5.24. The van der Waals surface area contributed by atoms with E-state index in [1.165, 1.54) is 24.3 Å². The second-order valence-corrected chi connectivity index (χ2v) is 10.7. The van der Waals surface area contributed by atoms with E-state index in [-0.39, 0.29) is 28.7 Å². The van der Waals surface area contributed by atoms with E-state index in [9.17, 15) is 21.6 Å². The minimum absolute atomic E-state index is 0.00152. The number of rotatable bonds is 7. The zero-order chi connectivity index (χ0) is 18.7. The van der Waals surface area contributed by atoms with Crippen LogP contribution in [0.1, 0.15) is 33.1 Å². The number of carbonyl (C=O) groups excluding carboxylic acids is 1. The maximum atomic E-state index is 12.3. The number of hydrogen-bond acceptors (Lipinski definition) is 5. The van der Waals surface area contributed by atoms with Crippen molar-refractivity contribution >= 4 is 31.5 Å². The van der Waals surface area contributed by atoms with E-state index in [0.717, 1.165) is 6.42 Å². The summed E-state index contributed by atoms with van der Waals surface area (Å²) >= 11 is 0. The van der Waals surface area contributed by atoms with E-state index in [1.54, 1.807) is 0 Å². The number of anilines is 1. The predicted octanol–water partition coefficient (Wildman–Crippen LogP) is 1.53. The monoisotopic (exact) mass is 388 g/mol. The highest BCUT2D eigenvalue weighted by atomic mass is 32.2. The molecule has 0 aromatic heterocycles. The molecule has 0 aliphatic carbocycles. The number of sulfonamides is 1. The van der Waals surface area contributed by atoms with E-state index in [1.807, 2.05) is 13.8 Å². The molecule has 1 fully saturated rings. The maximum Gasteiger partial charge on any atom is 0.240 e. The van der Waals surface area contributed by atoms with E-state index in [4.69, 9.17) is 0 Å². The fourth-order valence-corrected chi connectivity index (χ4v) is 5.59. The Balaban J connectivity index is 1.97. The minimum Gasteiger partial charge on any atom is -0.326 e. The molecule has 0 saturated carbocycles. The molecule has 1 aliphatic rings. The number of carbonyl (C=O) groups is 1. The van der Waals surface area contributed by atoms with Gasteiger partial charge in [0.05, 0.1) is 16.4 Å². The van der Waals surface area contributed by atoms with Gasteiger partial charge in [0.25, 0.3) is 0 Å². The van der Waals surface area contributed by atoms with Gasteiger partial charge < -0.3 is 5.32 Å². The molecule has 2 N–H and O–H groups in total. The summed E-state index contributed by atoms with van der Waals surface area (Å²) in [6.07, 6.45) is 1.48. The Labute approximate surface area is 149 Å². The van der Waals surface area contributed by atoms with Crippen molar-refractivity contribution in [1.29, 1.82) is 0 Å². The highest BCUT2D eigenvalue weighted by Crippen LogP contribution is 2.18. The molecule has 1 amide bonds. The molecule has 1 unspecified atom stereocenters. The molecule has 1 aromatic carbocycles. The summed E-state index contributed by atoms with van der Waals surface area (Å²) in [6.45, 7) is 4.07. The van der Waals surface area contributed by atoms with Gasteiger partial charge in [0.2, 0.25) is 15.9 Å². The molecule has 1 heterocycles. The van der Waals surface area contributed by atoms with Crippen LogP contribution < -0.4 is 10.0 Å². The van der Waals surface area contributed by atoms with Gasteiger partial charge in [0, 0.05) is 18.2 Å². The molecule has 1 saturated heterocycles. The highest BCUT2D eigenvalue weighted by Gasteiger charge is 2.31. The average molecular weight is 389 g/mol. The van der Waals surface area contributed by atoms with Crippen LogP contribution in [-0.4, -0.2) is 40.3 Å². The summed E-state index contributed by atoms with van der Waals surface area (Å²) in [7, 11) is -6.94. The molecular formula is C16H24N2O5S2. The van der Waals surface area contributed by atoms with E-state index < -0.39 is 25.9 Å². The largest absolute Gasteiger partial charge is 0.326 e. The molecule has 0 bridgehead atoms. The standard InChI is InChI=1S/C16H24N2O5S2/c1-12(2)3-8-16(19)17-13-4-6-15(7-5-13)25(22,23)18-14-9-10-24(20,21)11-14/h4-7,12,14,18H,3,8-11H2,1-2H3,(H,17,19). The molecule has 1 aromatic rings. The fourth-order valence-electron chi connectivity index (χ4n) is 2.54. The first kappa shape index (κ1) is 19.9. The van der Waals surface area contributed by atoms with Crippen LogP contribution in [0.2, 0.25) is 0 Å². The molecule has 0 spiro atoms. The van der Waals surface area contributed by atoms with Crippen LogP contribution in [0, 0.1) is 5.92 Å². The Morgan fingerprint density at radius 2 is 1.88 bits per heavy atom. The van der Waals surface area contributed by atoms with Gasteiger partial charge >= 0.3 is 0 Å². The van der Waals surface area contributed by atoms with Crippen molar-refractivity contribution < 1.29 is 21.6 Å². The summed E-state index contributed by atoms with van der Waals surface area (Å²) in [5.41, 5.74) is 0.524. The third-order valence-electron chi connectivity index (χ3n) is 3.95. The topological polar surface area (TPSA) is 109 Å². The molecule has 1 atom stereocenters. The summed E-state index contributed by atoms with van der Waals surface area (Å²) in [5, 5.41) is 2.73. The minimum atomic E-state index is -3.79. The van der Waals surface area contributed by atoms with E-state index in [0.29, 0.717) is 18.0 Å². The number of hydrogen-bond donors (Lipinski definition) is 2. The number of amides is 1. The third-order valence-corrected chi connectivity index (χ3v) is 7.26. The van der Waals surface area contributed by atoms with Crippen molar-refractivity contribution in [3.8, 4) is 0 Å². The summed E-state index contributed by atoms with van der Waals surface area (Å²) in [4.78, 5) is 11.8. The average Bonchev–Trinajstić information content (AvgIpc) is 2.84. The van der Waals surface area contributed by atoms with Crippen molar-refractivity contribution in [1.82, 2.24) is 4.72 Å². The lowest BCUT2D eigenvalue weighted by atomic mass is 10.1. The Bertz CT molecular complexity index is 815. The van der Waals surface area contributed by atoms with Gasteiger partial charge in [0.1, 0.15) is 0 Å². The quantitative estimate of drug-likeness (QED) is 0.736. The van der Waals surface area contributed by atoms with Crippen LogP contribution >= 0.6 is 0 Å². The van der Waals surface area contributed by atoms with Gasteiger partial charge in [-0.15, -0.1) is 0 Å². The van der Waals surface area contributed by atoms with Crippen LogP contribution in [-0.2, 0) is 24.7 Å². The fraction of sp³-hybridized carbons (Fsp3) is 0.562. The zero-order valence-corrected chi connectivity index (χ0v) is 16.0. The zero-order valence-electron chi connectivity index (χ0n) is 14.4. The lowest BCUT2D eigenvalue weighted by molar-refractivity contribution is -0.116. The van der Waals surface area contributed by atoms with E-state index >= 15 is 0 Å². The summed E-state index contributed by atoms with van der Waals surface area (Å²) in [5.74, 6) is 0.153. The molecular weight excluding hydrogens is 364 g/mol. The van der Waals surface area contributed by atoms with Crippen molar-refractivity contribution in [2.75, 3.05) is 16.8 Å². The molecule has 7 nitrogen and oxygen atoms in total. The first-order valence-corrected chi connectivity index (χ1v) is 11.5. The van der Waals surface area contributed by atoms with Crippen LogP contribution in [0.3, 0.4) is 0 Å². The Kier molecular flexibility index (Phi) is 6.23. The van der Waals surface area contributed by atoms with Gasteiger partial charge in [-0.05, 0) is 43.0 Å². The van der Waals surface area contributed by atoms with Gasteiger partial charge in [-0.1, -0.05) is 13.8 Å². The lowest BCUT2D eigenvalue weighted by Gasteiger charge is -2.12. The number of nitrogens with one attached hydrogen (secondary N) is 2. The molecule has 2 rings (SSSR count). The van der Waals surface area contributed by atoms with Gasteiger partial charge in [-0.2, -0.15) is 0 Å².